The highest BCUT2D eigenvalue weighted by Gasteiger charge is 2.29. The van der Waals surface area contributed by atoms with E-state index in [-0.39, 0.29) is 0 Å². The molecule has 1 fully saturated rings. The lowest BCUT2D eigenvalue weighted by atomic mass is 10.2. The molecule has 1 atom stereocenters. The van der Waals surface area contributed by atoms with Crippen LogP contribution in [-0.2, 0) is 19.4 Å². The Hall–Kier alpha value is -1.91. The molecule has 0 aromatic carbocycles. The van der Waals surface area contributed by atoms with E-state index in [1.54, 1.807) is 6.33 Å². The summed E-state index contributed by atoms with van der Waals surface area (Å²) in [5.41, 5.74) is 2.65. The number of fused-ring (bicyclic) bond motifs is 1. The van der Waals surface area contributed by atoms with Gasteiger partial charge < -0.3 is 4.90 Å². The maximum Gasteiger partial charge on any atom is 0.135 e. The summed E-state index contributed by atoms with van der Waals surface area (Å²) in [4.78, 5) is 11.5. The number of nitrogens with zero attached hydrogens (tertiary/aromatic N) is 5. The number of rotatable bonds is 3. The molecule has 0 N–H and O–H groups in total. The third-order valence-electron chi connectivity index (χ3n) is 4.46. The van der Waals surface area contributed by atoms with Crippen LogP contribution in [0.25, 0.3) is 0 Å². The van der Waals surface area contributed by atoms with Gasteiger partial charge in [-0.25, -0.2) is 9.97 Å². The summed E-state index contributed by atoms with van der Waals surface area (Å²) < 4.78 is 2.03. The van der Waals surface area contributed by atoms with Crippen LogP contribution in [0.2, 0.25) is 0 Å². The third-order valence-corrected chi connectivity index (χ3v) is 4.46. The van der Waals surface area contributed by atoms with E-state index in [1.807, 2.05) is 23.1 Å². The van der Waals surface area contributed by atoms with Gasteiger partial charge in [-0.2, -0.15) is 5.10 Å². The molecule has 2 aromatic rings. The molecular formula is C15H19N5. The van der Waals surface area contributed by atoms with Crippen molar-refractivity contribution in [3.63, 3.8) is 0 Å². The van der Waals surface area contributed by atoms with Gasteiger partial charge in [0.2, 0.25) is 0 Å². The summed E-state index contributed by atoms with van der Waals surface area (Å²) in [7, 11) is 0. The van der Waals surface area contributed by atoms with Crippen molar-refractivity contribution in [2.24, 2.45) is 0 Å². The summed E-state index contributed by atoms with van der Waals surface area (Å²) >= 11 is 0. The van der Waals surface area contributed by atoms with E-state index < -0.39 is 0 Å². The monoisotopic (exact) mass is 269 g/mol. The maximum absolute atomic E-state index is 4.60. The lowest BCUT2D eigenvalue weighted by Crippen LogP contribution is -2.34. The molecule has 1 aliphatic carbocycles. The van der Waals surface area contributed by atoms with Gasteiger partial charge in [0.1, 0.15) is 12.1 Å². The van der Waals surface area contributed by atoms with Crippen LogP contribution >= 0.6 is 0 Å². The summed E-state index contributed by atoms with van der Waals surface area (Å²) in [5.74, 6) is 1.18. The van der Waals surface area contributed by atoms with Gasteiger partial charge in [0.05, 0.1) is 12.6 Å². The molecule has 5 heteroatoms. The molecule has 0 spiro atoms. The molecule has 1 aliphatic heterocycles. The van der Waals surface area contributed by atoms with E-state index in [2.05, 4.69) is 20.0 Å². The van der Waals surface area contributed by atoms with Gasteiger partial charge in [0.25, 0.3) is 0 Å². The Balaban J connectivity index is 1.62. The van der Waals surface area contributed by atoms with Gasteiger partial charge >= 0.3 is 0 Å². The Morgan fingerprint density at radius 1 is 1.20 bits per heavy atom. The van der Waals surface area contributed by atoms with Crippen LogP contribution in [0.15, 0.2) is 24.8 Å². The predicted octanol–water partition coefficient (Wildman–Crippen LogP) is 1.83. The van der Waals surface area contributed by atoms with Gasteiger partial charge in [0.15, 0.2) is 0 Å². The highest BCUT2D eigenvalue weighted by atomic mass is 15.3. The molecule has 2 aromatic heterocycles. The lowest BCUT2D eigenvalue weighted by Gasteiger charge is -2.27. The first-order chi connectivity index (χ1) is 9.92. The van der Waals surface area contributed by atoms with Crippen molar-refractivity contribution < 1.29 is 0 Å². The molecule has 1 saturated heterocycles. The molecule has 104 valence electrons. The second-order valence-electron chi connectivity index (χ2n) is 5.69. The first-order valence-electron chi connectivity index (χ1n) is 7.48. The number of aryl methyl sites for hydroxylation is 1. The van der Waals surface area contributed by atoms with E-state index in [1.165, 1.54) is 36.3 Å². The van der Waals surface area contributed by atoms with Crippen molar-refractivity contribution in [3.05, 3.63) is 36.0 Å². The van der Waals surface area contributed by atoms with E-state index in [0.29, 0.717) is 6.04 Å². The van der Waals surface area contributed by atoms with Gasteiger partial charge in [-0.3, -0.25) is 4.68 Å². The van der Waals surface area contributed by atoms with Crippen molar-refractivity contribution in [2.75, 3.05) is 11.4 Å². The van der Waals surface area contributed by atoms with Crippen molar-refractivity contribution in [2.45, 2.75) is 44.7 Å². The average molecular weight is 269 g/mol. The van der Waals surface area contributed by atoms with Crippen LogP contribution in [0, 0.1) is 0 Å². The molecule has 0 amide bonds. The molecule has 5 nitrogen and oxygen atoms in total. The Labute approximate surface area is 118 Å². The molecule has 0 radical (unpaired) electrons. The Kier molecular flexibility index (Phi) is 2.90. The maximum atomic E-state index is 4.60. The zero-order valence-electron chi connectivity index (χ0n) is 11.6. The number of hydrogen-bond donors (Lipinski definition) is 0. The van der Waals surface area contributed by atoms with Gasteiger partial charge in [-0.05, 0) is 38.2 Å². The van der Waals surface area contributed by atoms with Gasteiger partial charge in [-0.1, -0.05) is 0 Å². The fourth-order valence-electron chi connectivity index (χ4n) is 3.52. The normalized spacial score (nSPS) is 21.4. The van der Waals surface area contributed by atoms with E-state index >= 15 is 0 Å². The minimum absolute atomic E-state index is 0.509. The lowest BCUT2D eigenvalue weighted by molar-refractivity contribution is 0.506. The zero-order valence-corrected chi connectivity index (χ0v) is 11.6. The third kappa shape index (κ3) is 1.97. The molecular weight excluding hydrogens is 250 g/mol. The second kappa shape index (κ2) is 4.89. The van der Waals surface area contributed by atoms with Crippen LogP contribution in [0.5, 0.6) is 0 Å². The molecule has 0 unspecified atom stereocenters. The van der Waals surface area contributed by atoms with Crippen molar-refractivity contribution >= 4 is 5.82 Å². The fourth-order valence-corrected chi connectivity index (χ4v) is 3.52. The van der Waals surface area contributed by atoms with Crippen molar-refractivity contribution in [1.29, 1.82) is 0 Å². The summed E-state index contributed by atoms with van der Waals surface area (Å²) in [6, 6.07) is 2.50. The Morgan fingerprint density at radius 3 is 3.10 bits per heavy atom. The van der Waals surface area contributed by atoms with Crippen LogP contribution in [0.1, 0.15) is 30.5 Å². The van der Waals surface area contributed by atoms with E-state index in [0.717, 1.165) is 25.9 Å². The molecule has 0 saturated carbocycles. The van der Waals surface area contributed by atoms with E-state index in [4.69, 9.17) is 0 Å². The smallest absolute Gasteiger partial charge is 0.135 e. The highest BCUT2D eigenvalue weighted by molar-refractivity contribution is 5.52. The Bertz CT molecular complexity index is 592. The minimum Gasteiger partial charge on any atom is -0.351 e. The molecule has 3 heterocycles. The van der Waals surface area contributed by atoms with E-state index in [9.17, 15) is 0 Å². The second-order valence-corrected chi connectivity index (χ2v) is 5.69. The molecule has 0 bridgehead atoms. The number of anilines is 1. The van der Waals surface area contributed by atoms with Crippen LogP contribution in [0.3, 0.4) is 0 Å². The van der Waals surface area contributed by atoms with Gasteiger partial charge in [0, 0.05) is 30.2 Å². The van der Waals surface area contributed by atoms with Gasteiger partial charge in [-0.15, -0.1) is 0 Å². The molecule has 4 rings (SSSR count). The fraction of sp³-hybridized carbons (Fsp3) is 0.533. The molecule has 20 heavy (non-hydrogen) atoms. The van der Waals surface area contributed by atoms with Crippen molar-refractivity contribution in [3.8, 4) is 0 Å². The Morgan fingerprint density at radius 2 is 2.20 bits per heavy atom. The van der Waals surface area contributed by atoms with Crippen LogP contribution < -0.4 is 4.90 Å². The summed E-state index contributed by atoms with van der Waals surface area (Å²) in [5, 5.41) is 4.34. The van der Waals surface area contributed by atoms with Crippen molar-refractivity contribution in [1.82, 2.24) is 19.7 Å². The average Bonchev–Trinajstić information content (AvgIpc) is 3.19. The summed E-state index contributed by atoms with van der Waals surface area (Å²) in [6.07, 6.45) is 11.6. The number of aromatic nitrogens is 4. The van der Waals surface area contributed by atoms with Crippen LogP contribution in [0.4, 0.5) is 5.82 Å². The number of hydrogen-bond acceptors (Lipinski definition) is 4. The first-order valence-corrected chi connectivity index (χ1v) is 7.48. The highest BCUT2D eigenvalue weighted by Crippen LogP contribution is 2.32. The largest absolute Gasteiger partial charge is 0.351 e. The SMILES string of the molecule is c1cnn(C[C@H]2CCCN2c2ncnc3c2CCC3)c1. The minimum atomic E-state index is 0.509. The zero-order chi connectivity index (χ0) is 13.4. The summed E-state index contributed by atoms with van der Waals surface area (Å²) in [6.45, 7) is 2.06. The predicted molar refractivity (Wildman–Crippen MR) is 76.7 cm³/mol. The standard InChI is InChI=1S/C15H19N5/c1-5-13-14(6-1)16-11-17-15(13)20-9-2-4-12(20)10-19-8-3-7-18-19/h3,7-8,11-12H,1-2,4-6,9-10H2/t12-/m1/s1. The topological polar surface area (TPSA) is 46.8 Å². The molecule has 2 aliphatic rings. The first kappa shape index (κ1) is 11.9. The van der Waals surface area contributed by atoms with Crippen LogP contribution in [-0.4, -0.2) is 32.3 Å². The quantitative estimate of drug-likeness (QED) is 0.853.